The van der Waals surface area contributed by atoms with Crippen molar-refractivity contribution in [2.75, 3.05) is 19.8 Å². The Morgan fingerprint density at radius 3 is 2.00 bits per heavy atom. The van der Waals surface area contributed by atoms with Crippen LogP contribution < -0.4 is 0 Å². The average molecular weight is 144 g/mol. The van der Waals surface area contributed by atoms with Crippen molar-refractivity contribution in [1.82, 2.24) is 0 Å². The summed E-state index contributed by atoms with van der Waals surface area (Å²) >= 11 is 0. The quantitative estimate of drug-likeness (QED) is 0.543. The largest absolute Gasteiger partial charge is 0.329 e. The van der Waals surface area contributed by atoms with E-state index in [1.54, 1.807) is 0 Å². The summed E-state index contributed by atoms with van der Waals surface area (Å²) in [4.78, 5) is 0. The molecular weight excluding hydrogens is 132 g/mol. The van der Waals surface area contributed by atoms with E-state index in [9.17, 15) is 0 Å². The highest BCUT2D eigenvalue weighted by molar-refractivity contribution is 4.82. The van der Waals surface area contributed by atoms with Gasteiger partial charge in [0.25, 0.3) is 6.48 Å². The standard InChI is InChI=1S/C7H12O3/c1-2-7-3-8-6(9-4-7)10-5-7/h6H,2-5H2,1H3. The molecule has 58 valence electrons. The van der Waals surface area contributed by atoms with Gasteiger partial charge >= 0.3 is 0 Å². The number of ether oxygens (including phenoxy) is 3. The molecule has 10 heavy (non-hydrogen) atoms. The van der Waals surface area contributed by atoms with Crippen molar-refractivity contribution in [2.45, 2.75) is 19.8 Å². The molecule has 0 N–H and O–H groups in total. The zero-order valence-corrected chi connectivity index (χ0v) is 6.13. The third kappa shape index (κ3) is 0.856. The van der Waals surface area contributed by atoms with Crippen LogP contribution in [0.2, 0.25) is 0 Å². The molecule has 0 amide bonds. The normalized spacial score (nSPS) is 45.9. The van der Waals surface area contributed by atoms with Gasteiger partial charge in [-0.3, -0.25) is 0 Å². The second-order valence-corrected chi connectivity index (χ2v) is 3.08. The molecule has 3 rings (SSSR count). The Labute approximate surface area is 60.3 Å². The summed E-state index contributed by atoms with van der Waals surface area (Å²) in [5.41, 5.74) is 0.161. The fourth-order valence-corrected chi connectivity index (χ4v) is 1.31. The summed E-state index contributed by atoms with van der Waals surface area (Å²) in [5, 5.41) is 0. The van der Waals surface area contributed by atoms with E-state index in [2.05, 4.69) is 6.92 Å². The molecule has 3 aliphatic rings. The lowest BCUT2D eigenvalue weighted by Crippen LogP contribution is -2.51. The first kappa shape index (κ1) is 6.58. The molecule has 2 bridgehead atoms. The van der Waals surface area contributed by atoms with Gasteiger partial charge in [-0.15, -0.1) is 0 Å². The molecule has 3 heteroatoms. The van der Waals surface area contributed by atoms with Gasteiger partial charge in [0.1, 0.15) is 0 Å². The third-order valence-electron chi connectivity index (χ3n) is 2.33. The maximum absolute atomic E-state index is 5.23. The Morgan fingerprint density at radius 1 is 1.20 bits per heavy atom. The van der Waals surface area contributed by atoms with Crippen molar-refractivity contribution in [3.63, 3.8) is 0 Å². The van der Waals surface area contributed by atoms with Gasteiger partial charge in [-0.2, -0.15) is 0 Å². The van der Waals surface area contributed by atoms with E-state index in [4.69, 9.17) is 14.2 Å². The fourth-order valence-electron chi connectivity index (χ4n) is 1.31. The van der Waals surface area contributed by atoms with Crippen molar-refractivity contribution in [3.8, 4) is 0 Å². The SMILES string of the molecule is CCC12COC(OC1)OC2. The molecule has 3 nitrogen and oxygen atoms in total. The van der Waals surface area contributed by atoms with Gasteiger partial charge in [0.05, 0.1) is 19.8 Å². The molecule has 0 atom stereocenters. The minimum Gasteiger partial charge on any atom is -0.329 e. The highest BCUT2D eigenvalue weighted by Gasteiger charge is 2.41. The Kier molecular flexibility index (Phi) is 1.44. The van der Waals surface area contributed by atoms with E-state index in [-0.39, 0.29) is 11.9 Å². The van der Waals surface area contributed by atoms with Crippen LogP contribution in [0.4, 0.5) is 0 Å². The monoisotopic (exact) mass is 144 g/mol. The molecular formula is C7H12O3. The van der Waals surface area contributed by atoms with E-state index in [0.717, 1.165) is 26.2 Å². The van der Waals surface area contributed by atoms with Crippen LogP contribution in [0, 0.1) is 5.41 Å². The lowest BCUT2D eigenvalue weighted by Gasteiger charge is -2.44. The van der Waals surface area contributed by atoms with E-state index in [1.807, 2.05) is 0 Å². The predicted molar refractivity (Wildman–Crippen MR) is 34.4 cm³/mol. The second kappa shape index (κ2) is 2.19. The van der Waals surface area contributed by atoms with Crippen molar-refractivity contribution in [1.29, 1.82) is 0 Å². The van der Waals surface area contributed by atoms with Gasteiger partial charge in [0.2, 0.25) is 0 Å². The summed E-state index contributed by atoms with van der Waals surface area (Å²) in [6.07, 6.45) is 1.07. The molecule has 0 aliphatic carbocycles. The van der Waals surface area contributed by atoms with Crippen LogP contribution >= 0.6 is 0 Å². The van der Waals surface area contributed by atoms with Crippen molar-refractivity contribution < 1.29 is 14.2 Å². The van der Waals surface area contributed by atoms with Gasteiger partial charge in [-0.1, -0.05) is 6.92 Å². The van der Waals surface area contributed by atoms with Crippen LogP contribution in [0.3, 0.4) is 0 Å². The van der Waals surface area contributed by atoms with Crippen LogP contribution in [-0.2, 0) is 14.2 Å². The van der Waals surface area contributed by atoms with Crippen LogP contribution in [-0.4, -0.2) is 26.3 Å². The smallest absolute Gasteiger partial charge is 0.271 e. The van der Waals surface area contributed by atoms with E-state index in [1.165, 1.54) is 0 Å². The number of hydrogen-bond acceptors (Lipinski definition) is 3. The van der Waals surface area contributed by atoms with Gasteiger partial charge in [-0.05, 0) is 6.42 Å². The second-order valence-electron chi connectivity index (χ2n) is 3.08. The maximum atomic E-state index is 5.23. The van der Waals surface area contributed by atoms with Crippen LogP contribution in [0.25, 0.3) is 0 Å². The Balaban J connectivity index is 2.08. The average Bonchev–Trinajstić information content (AvgIpc) is 2.08. The molecule has 0 aromatic carbocycles. The molecule has 0 aromatic rings. The maximum Gasteiger partial charge on any atom is 0.271 e. The van der Waals surface area contributed by atoms with Gasteiger partial charge in [-0.25, -0.2) is 0 Å². The summed E-state index contributed by atoms with van der Waals surface area (Å²) < 4.78 is 15.7. The van der Waals surface area contributed by atoms with E-state index in [0.29, 0.717) is 0 Å². The van der Waals surface area contributed by atoms with E-state index >= 15 is 0 Å². The fraction of sp³-hybridized carbons (Fsp3) is 1.00. The highest BCUT2D eigenvalue weighted by Crippen LogP contribution is 2.34. The molecule has 0 unspecified atom stereocenters. The van der Waals surface area contributed by atoms with Gasteiger partial charge in [0.15, 0.2) is 0 Å². The van der Waals surface area contributed by atoms with Crippen LogP contribution in [0.15, 0.2) is 0 Å². The van der Waals surface area contributed by atoms with Gasteiger partial charge in [0, 0.05) is 5.41 Å². The first-order chi connectivity index (χ1) is 4.85. The molecule has 3 fully saturated rings. The summed E-state index contributed by atoms with van der Waals surface area (Å²) in [7, 11) is 0. The van der Waals surface area contributed by atoms with Crippen molar-refractivity contribution in [2.24, 2.45) is 5.41 Å². The minimum absolute atomic E-state index is 0.161. The first-order valence-corrected chi connectivity index (χ1v) is 3.69. The molecule has 3 aliphatic heterocycles. The molecule has 0 spiro atoms. The number of fused-ring (bicyclic) bond motifs is 3. The molecule has 0 saturated carbocycles. The third-order valence-corrected chi connectivity index (χ3v) is 2.33. The number of rotatable bonds is 1. The van der Waals surface area contributed by atoms with E-state index < -0.39 is 0 Å². The topological polar surface area (TPSA) is 27.7 Å². The lowest BCUT2D eigenvalue weighted by atomic mass is 9.87. The summed E-state index contributed by atoms with van der Waals surface area (Å²) in [6.45, 7) is 4.17. The molecule has 0 radical (unpaired) electrons. The Bertz CT molecular complexity index is 113. The zero-order valence-electron chi connectivity index (χ0n) is 6.13. The Hall–Kier alpha value is -0.120. The number of hydrogen-bond donors (Lipinski definition) is 0. The summed E-state index contributed by atoms with van der Waals surface area (Å²) in [5.74, 6) is 0. The van der Waals surface area contributed by atoms with Crippen molar-refractivity contribution in [3.05, 3.63) is 0 Å². The molecule has 3 heterocycles. The van der Waals surface area contributed by atoms with Crippen LogP contribution in [0.5, 0.6) is 0 Å². The van der Waals surface area contributed by atoms with Crippen molar-refractivity contribution >= 4 is 0 Å². The van der Waals surface area contributed by atoms with Crippen LogP contribution in [0.1, 0.15) is 13.3 Å². The first-order valence-electron chi connectivity index (χ1n) is 3.69. The zero-order chi connectivity index (χ0) is 7.03. The van der Waals surface area contributed by atoms with Gasteiger partial charge < -0.3 is 14.2 Å². The molecule has 3 saturated heterocycles. The Morgan fingerprint density at radius 2 is 1.70 bits per heavy atom. The predicted octanol–water partition coefficient (Wildman–Crippen LogP) is 0.743. The lowest BCUT2D eigenvalue weighted by molar-refractivity contribution is -0.394. The highest BCUT2D eigenvalue weighted by atomic mass is 16.9. The minimum atomic E-state index is -0.367. The molecule has 0 aromatic heterocycles. The summed E-state index contributed by atoms with van der Waals surface area (Å²) in [6, 6.07) is 0.